The van der Waals surface area contributed by atoms with Crippen molar-refractivity contribution in [3.05, 3.63) is 33.8 Å². The molecule has 0 saturated carbocycles. The predicted molar refractivity (Wildman–Crippen MR) is 84.9 cm³/mol. The van der Waals surface area contributed by atoms with E-state index in [-0.39, 0.29) is 12.1 Å². The molecular formula is C15H20Cl2N2O2. The van der Waals surface area contributed by atoms with Gasteiger partial charge in [-0.1, -0.05) is 29.3 Å². The minimum absolute atomic E-state index is 0.259. The summed E-state index contributed by atoms with van der Waals surface area (Å²) in [5.74, 6) is 0. The monoisotopic (exact) mass is 330 g/mol. The zero-order valence-corrected chi connectivity index (χ0v) is 14.0. The topological polar surface area (TPSA) is 41.6 Å². The summed E-state index contributed by atoms with van der Waals surface area (Å²) in [6.45, 7) is 7.55. The van der Waals surface area contributed by atoms with Gasteiger partial charge in [-0.05, 0) is 38.5 Å². The van der Waals surface area contributed by atoms with Gasteiger partial charge in [0.05, 0.1) is 0 Å². The molecule has 1 aromatic rings. The Bertz CT molecular complexity index is 523. The van der Waals surface area contributed by atoms with Crippen molar-refractivity contribution in [2.24, 2.45) is 0 Å². The lowest BCUT2D eigenvalue weighted by Crippen LogP contribution is -2.60. The summed E-state index contributed by atoms with van der Waals surface area (Å²) in [6.07, 6.45) is -0.259. The van der Waals surface area contributed by atoms with Gasteiger partial charge >= 0.3 is 6.09 Å². The molecule has 1 fully saturated rings. The molecule has 21 heavy (non-hydrogen) atoms. The molecule has 1 aliphatic heterocycles. The third kappa shape index (κ3) is 4.77. The Morgan fingerprint density at radius 3 is 2.62 bits per heavy atom. The van der Waals surface area contributed by atoms with E-state index in [1.807, 2.05) is 32.9 Å². The molecule has 1 heterocycles. The number of carbonyl (C=O) groups excluding carboxylic acids is 1. The number of likely N-dealkylation sites (tertiary alicyclic amines) is 1. The minimum atomic E-state index is -0.452. The van der Waals surface area contributed by atoms with Crippen molar-refractivity contribution in [3.63, 3.8) is 0 Å². The first kappa shape index (κ1) is 16.4. The normalized spacial score (nSPS) is 15.8. The Morgan fingerprint density at radius 1 is 1.38 bits per heavy atom. The first-order valence-corrected chi connectivity index (χ1v) is 7.65. The summed E-state index contributed by atoms with van der Waals surface area (Å²) in [5, 5.41) is 4.65. The van der Waals surface area contributed by atoms with Gasteiger partial charge in [0.1, 0.15) is 5.60 Å². The van der Waals surface area contributed by atoms with Gasteiger partial charge in [0.15, 0.2) is 0 Å². The molecule has 1 aliphatic rings. The molecular weight excluding hydrogens is 311 g/mol. The van der Waals surface area contributed by atoms with Gasteiger partial charge in [0, 0.05) is 35.7 Å². The summed E-state index contributed by atoms with van der Waals surface area (Å²) in [5.41, 5.74) is 0.545. The van der Waals surface area contributed by atoms with Crippen LogP contribution >= 0.6 is 23.2 Å². The molecule has 2 rings (SSSR count). The number of ether oxygens (including phenoxy) is 1. The lowest BCUT2D eigenvalue weighted by Gasteiger charge is -2.40. The molecule has 4 nitrogen and oxygen atoms in total. The van der Waals surface area contributed by atoms with Crippen molar-refractivity contribution < 1.29 is 9.53 Å². The van der Waals surface area contributed by atoms with Crippen molar-refractivity contribution in [2.45, 2.75) is 39.0 Å². The number of amides is 1. The second kappa shape index (κ2) is 6.42. The van der Waals surface area contributed by atoms with E-state index in [1.165, 1.54) is 0 Å². The number of rotatable bonds is 3. The molecule has 0 unspecified atom stereocenters. The molecule has 0 aliphatic carbocycles. The third-order valence-electron chi connectivity index (χ3n) is 3.13. The van der Waals surface area contributed by atoms with Crippen LogP contribution in [0.25, 0.3) is 0 Å². The van der Waals surface area contributed by atoms with E-state index in [4.69, 9.17) is 27.9 Å². The SMILES string of the molecule is CC(C)(C)OC(=O)N1CC(NCc2ccc(Cl)cc2Cl)C1. The standard InChI is InChI=1S/C15H20Cl2N2O2/c1-15(2,3)21-14(20)19-8-12(9-19)18-7-10-4-5-11(16)6-13(10)17/h4-6,12,18H,7-9H2,1-3H3. The van der Waals surface area contributed by atoms with Gasteiger partial charge in [-0.2, -0.15) is 0 Å². The maximum absolute atomic E-state index is 11.8. The summed E-state index contributed by atoms with van der Waals surface area (Å²) in [7, 11) is 0. The molecule has 6 heteroatoms. The Kier molecular flexibility index (Phi) is 5.02. The molecule has 1 amide bonds. The van der Waals surface area contributed by atoms with Crippen LogP contribution in [0.3, 0.4) is 0 Å². The minimum Gasteiger partial charge on any atom is -0.444 e. The Hall–Kier alpha value is -0.970. The highest BCUT2D eigenvalue weighted by Crippen LogP contribution is 2.21. The summed E-state index contributed by atoms with van der Waals surface area (Å²) < 4.78 is 5.31. The number of nitrogens with zero attached hydrogens (tertiary/aromatic N) is 1. The van der Waals surface area contributed by atoms with Crippen molar-refractivity contribution in [2.75, 3.05) is 13.1 Å². The highest BCUT2D eigenvalue weighted by atomic mass is 35.5. The van der Waals surface area contributed by atoms with Crippen LogP contribution in [0.4, 0.5) is 4.79 Å². The Labute approximate surface area is 135 Å². The molecule has 116 valence electrons. The maximum atomic E-state index is 11.8. The van der Waals surface area contributed by atoms with Gasteiger partial charge in [0.2, 0.25) is 0 Å². The van der Waals surface area contributed by atoms with Crippen LogP contribution < -0.4 is 5.32 Å². The molecule has 0 aromatic heterocycles. The number of hydrogen-bond acceptors (Lipinski definition) is 3. The Morgan fingerprint density at radius 2 is 2.05 bits per heavy atom. The average Bonchev–Trinajstić information content (AvgIpc) is 2.27. The first-order valence-electron chi connectivity index (χ1n) is 6.90. The lowest BCUT2D eigenvalue weighted by molar-refractivity contribution is 0.00519. The fraction of sp³-hybridized carbons (Fsp3) is 0.533. The second-order valence-electron chi connectivity index (χ2n) is 6.20. The van der Waals surface area contributed by atoms with Crippen LogP contribution in [-0.4, -0.2) is 35.7 Å². The van der Waals surface area contributed by atoms with Crippen molar-refractivity contribution in [1.29, 1.82) is 0 Å². The van der Waals surface area contributed by atoms with Crippen LogP contribution in [0.2, 0.25) is 10.0 Å². The fourth-order valence-corrected chi connectivity index (χ4v) is 2.48. The third-order valence-corrected chi connectivity index (χ3v) is 3.72. The van der Waals surface area contributed by atoms with E-state index in [0.717, 1.165) is 5.56 Å². The van der Waals surface area contributed by atoms with Crippen molar-refractivity contribution >= 4 is 29.3 Å². The van der Waals surface area contributed by atoms with Crippen LogP contribution in [0.1, 0.15) is 26.3 Å². The van der Waals surface area contributed by atoms with Crippen molar-refractivity contribution in [1.82, 2.24) is 10.2 Å². The molecule has 1 N–H and O–H groups in total. The lowest BCUT2D eigenvalue weighted by atomic mass is 10.1. The van der Waals surface area contributed by atoms with E-state index in [2.05, 4.69) is 5.32 Å². The zero-order chi connectivity index (χ0) is 15.6. The van der Waals surface area contributed by atoms with E-state index in [0.29, 0.717) is 29.7 Å². The maximum Gasteiger partial charge on any atom is 0.410 e. The van der Waals surface area contributed by atoms with Gasteiger partial charge in [-0.25, -0.2) is 4.79 Å². The molecule has 1 aromatic carbocycles. The largest absolute Gasteiger partial charge is 0.444 e. The summed E-state index contributed by atoms with van der Waals surface area (Å²) in [4.78, 5) is 13.5. The predicted octanol–water partition coefficient (Wildman–Crippen LogP) is 3.70. The molecule has 0 atom stereocenters. The van der Waals surface area contributed by atoms with E-state index >= 15 is 0 Å². The van der Waals surface area contributed by atoms with Gasteiger partial charge in [-0.3, -0.25) is 0 Å². The van der Waals surface area contributed by atoms with Crippen LogP contribution in [0.5, 0.6) is 0 Å². The van der Waals surface area contributed by atoms with E-state index in [9.17, 15) is 4.79 Å². The number of halogens is 2. The van der Waals surface area contributed by atoms with Crippen LogP contribution in [-0.2, 0) is 11.3 Å². The average molecular weight is 331 g/mol. The zero-order valence-electron chi connectivity index (χ0n) is 12.5. The van der Waals surface area contributed by atoms with Crippen molar-refractivity contribution in [3.8, 4) is 0 Å². The quantitative estimate of drug-likeness (QED) is 0.918. The number of benzene rings is 1. The fourth-order valence-electron chi connectivity index (χ4n) is 2.00. The van der Waals surface area contributed by atoms with Gasteiger partial charge in [-0.15, -0.1) is 0 Å². The molecule has 0 bridgehead atoms. The van der Waals surface area contributed by atoms with E-state index in [1.54, 1.807) is 11.0 Å². The molecule has 1 saturated heterocycles. The molecule has 0 spiro atoms. The summed E-state index contributed by atoms with van der Waals surface area (Å²) in [6, 6.07) is 5.72. The highest BCUT2D eigenvalue weighted by Gasteiger charge is 2.33. The van der Waals surface area contributed by atoms with E-state index < -0.39 is 5.60 Å². The highest BCUT2D eigenvalue weighted by molar-refractivity contribution is 6.35. The van der Waals surface area contributed by atoms with Crippen LogP contribution in [0.15, 0.2) is 18.2 Å². The van der Waals surface area contributed by atoms with Gasteiger partial charge in [0.25, 0.3) is 0 Å². The Balaban J connectivity index is 1.75. The molecule has 0 radical (unpaired) electrons. The summed E-state index contributed by atoms with van der Waals surface area (Å²) >= 11 is 12.0. The van der Waals surface area contributed by atoms with Crippen LogP contribution in [0, 0.1) is 0 Å². The van der Waals surface area contributed by atoms with Gasteiger partial charge < -0.3 is 15.0 Å². The number of hydrogen-bond donors (Lipinski definition) is 1. The second-order valence-corrected chi connectivity index (χ2v) is 7.04. The number of carbonyl (C=O) groups is 1. The smallest absolute Gasteiger partial charge is 0.410 e. The number of nitrogens with one attached hydrogen (secondary N) is 1. The first-order chi connectivity index (χ1) is 9.74.